The Balaban J connectivity index is 2.27. The third-order valence-electron chi connectivity index (χ3n) is 1.98. The lowest BCUT2D eigenvalue weighted by Crippen LogP contribution is -2.00. The molecule has 0 spiro atoms. The van der Waals surface area contributed by atoms with Crippen LogP contribution in [0, 0.1) is 0 Å². The molecule has 80 valence electrons. The molecule has 0 saturated carbocycles. The quantitative estimate of drug-likeness (QED) is 0.667. The van der Waals surface area contributed by atoms with Gasteiger partial charge in [0, 0.05) is 20.1 Å². The fourth-order valence-corrected chi connectivity index (χ4v) is 1.23. The minimum Gasteiger partial charge on any atom is -0.449 e. The van der Waals surface area contributed by atoms with Gasteiger partial charge in [0.1, 0.15) is 6.26 Å². The van der Waals surface area contributed by atoms with E-state index < -0.39 is 0 Å². The number of methoxy groups -OCH3 is 1. The van der Waals surface area contributed by atoms with Gasteiger partial charge in [0.2, 0.25) is 0 Å². The first-order valence-electron chi connectivity index (χ1n) is 4.99. The molecule has 0 fully saturated rings. The van der Waals surface area contributed by atoms with E-state index in [9.17, 15) is 0 Å². The predicted molar refractivity (Wildman–Crippen MR) is 54.1 cm³/mol. The Morgan fingerprint density at radius 3 is 3.00 bits per heavy atom. The number of aromatic nitrogens is 1. The highest BCUT2D eigenvalue weighted by molar-refractivity contribution is 4.96. The van der Waals surface area contributed by atoms with E-state index in [1.165, 1.54) is 0 Å². The van der Waals surface area contributed by atoms with Crippen LogP contribution in [0.1, 0.15) is 24.4 Å². The fourth-order valence-electron chi connectivity index (χ4n) is 1.23. The zero-order valence-electron chi connectivity index (χ0n) is 8.66. The van der Waals surface area contributed by atoms with Gasteiger partial charge in [-0.3, -0.25) is 0 Å². The van der Waals surface area contributed by atoms with Crippen LogP contribution in [0.15, 0.2) is 10.7 Å². The van der Waals surface area contributed by atoms with Gasteiger partial charge >= 0.3 is 0 Å². The maximum atomic E-state index is 5.41. The first-order chi connectivity index (χ1) is 6.86. The average molecular weight is 198 g/mol. The van der Waals surface area contributed by atoms with Crippen molar-refractivity contribution < 1.29 is 9.15 Å². The molecule has 0 unspecified atom stereocenters. The van der Waals surface area contributed by atoms with E-state index in [0.29, 0.717) is 6.54 Å². The summed E-state index contributed by atoms with van der Waals surface area (Å²) in [6.07, 6.45) is 5.38. The summed E-state index contributed by atoms with van der Waals surface area (Å²) < 4.78 is 10.3. The van der Waals surface area contributed by atoms with Gasteiger partial charge in [-0.15, -0.1) is 0 Å². The van der Waals surface area contributed by atoms with Gasteiger partial charge in [-0.05, 0) is 25.8 Å². The Kier molecular flexibility index (Phi) is 5.25. The molecule has 0 amide bonds. The number of hydrogen-bond acceptors (Lipinski definition) is 4. The average Bonchev–Trinajstić information content (AvgIpc) is 2.63. The van der Waals surface area contributed by atoms with Gasteiger partial charge in [-0.2, -0.15) is 0 Å². The molecule has 4 nitrogen and oxygen atoms in total. The Bertz CT molecular complexity index is 248. The highest BCUT2D eigenvalue weighted by Crippen LogP contribution is 2.06. The van der Waals surface area contributed by atoms with Crippen molar-refractivity contribution in [1.29, 1.82) is 0 Å². The van der Waals surface area contributed by atoms with Crippen LogP contribution in [-0.4, -0.2) is 25.2 Å². The Hall–Kier alpha value is -0.870. The molecule has 14 heavy (non-hydrogen) atoms. The molecule has 0 aliphatic rings. The zero-order chi connectivity index (χ0) is 10.2. The maximum absolute atomic E-state index is 5.41. The molecule has 1 heterocycles. The lowest BCUT2D eigenvalue weighted by molar-refractivity contribution is 0.193. The molecule has 1 rings (SSSR count). The van der Waals surface area contributed by atoms with E-state index in [1.807, 2.05) is 0 Å². The fraction of sp³-hybridized carbons (Fsp3) is 0.700. The second-order valence-electron chi connectivity index (χ2n) is 3.22. The standard InChI is InChI=1S/C10H18N2O2/c1-13-7-3-5-10-12-9(8-14-10)4-2-6-11/h8H,2-7,11H2,1H3. The Morgan fingerprint density at radius 2 is 2.29 bits per heavy atom. The summed E-state index contributed by atoms with van der Waals surface area (Å²) in [5.41, 5.74) is 6.41. The predicted octanol–water partition coefficient (Wildman–Crippen LogP) is 1.14. The molecule has 0 saturated heterocycles. The van der Waals surface area contributed by atoms with Crippen LogP contribution in [0.4, 0.5) is 0 Å². The van der Waals surface area contributed by atoms with Crippen molar-refractivity contribution in [3.05, 3.63) is 17.8 Å². The third kappa shape index (κ3) is 3.89. The molecule has 0 aliphatic heterocycles. The van der Waals surface area contributed by atoms with Crippen molar-refractivity contribution in [2.75, 3.05) is 20.3 Å². The summed E-state index contributed by atoms with van der Waals surface area (Å²) >= 11 is 0. The van der Waals surface area contributed by atoms with Crippen molar-refractivity contribution in [2.45, 2.75) is 25.7 Å². The van der Waals surface area contributed by atoms with Crippen molar-refractivity contribution in [3.63, 3.8) is 0 Å². The van der Waals surface area contributed by atoms with Crippen LogP contribution in [-0.2, 0) is 17.6 Å². The zero-order valence-corrected chi connectivity index (χ0v) is 8.66. The van der Waals surface area contributed by atoms with Gasteiger partial charge in [-0.1, -0.05) is 0 Å². The largest absolute Gasteiger partial charge is 0.449 e. The van der Waals surface area contributed by atoms with Gasteiger partial charge in [0.25, 0.3) is 0 Å². The molecule has 1 aromatic rings. The number of nitrogens with zero attached hydrogens (tertiary/aromatic N) is 1. The second kappa shape index (κ2) is 6.56. The van der Waals surface area contributed by atoms with Crippen molar-refractivity contribution in [2.24, 2.45) is 5.73 Å². The summed E-state index contributed by atoms with van der Waals surface area (Å²) in [5.74, 6) is 0.800. The van der Waals surface area contributed by atoms with Crippen LogP contribution >= 0.6 is 0 Å². The summed E-state index contributed by atoms with van der Waals surface area (Å²) in [5, 5.41) is 0. The molecular weight excluding hydrogens is 180 g/mol. The highest BCUT2D eigenvalue weighted by atomic mass is 16.5. The van der Waals surface area contributed by atoms with Crippen LogP contribution in [0.5, 0.6) is 0 Å². The number of hydrogen-bond donors (Lipinski definition) is 1. The summed E-state index contributed by atoms with van der Waals surface area (Å²) in [4.78, 5) is 4.34. The molecule has 0 atom stereocenters. The highest BCUT2D eigenvalue weighted by Gasteiger charge is 2.02. The SMILES string of the molecule is COCCCc1nc(CCCN)co1. The molecule has 0 aliphatic carbocycles. The molecule has 0 radical (unpaired) electrons. The molecule has 1 aromatic heterocycles. The van der Waals surface area contributed by atoms with E-state index >= 15 is 0 Å². The lowest BCUT2D eigenvalue weighted by Gasteiger charge is -1.94. The van der Waals surface area contributed by atoms with E-state index in [2.05, 4.69) is 4.98 Å². The summed E-state index contributed by atoms with van der Waals surface area (Å²) in [7, 11) is 1.70. The number of nitrogens with two attached hydrogens (primary N) is 1. The van der Waals surface area contributed by atoms with Crippen molar-refractivity contribution in [1.82, 2.24) is 4.98 Å². The second-order valence-corrected chi connectivity index (χ2v) is 3.22. The number of ether oxygens (including phenoxy) is 1. The number of rotatable bonds is 7. The van der Waals surface area contributed by atoms with E-state index in [-0.39, 0.29) is 0 Å². The van der Waals surface area contributed by atoms with Crippen LogP contribution < -0.4 is 5.73 Å². The Labute approximate surface area is 84.5 Å². The summed E-state index contributed by atoms with van der Waals surface area (Å²) in [6, 6.07) is 0. The van der Waals surface area contributed by atoms with E-state index in [4.69, 9.17) is 14.9 Å². The monoisotopic (exact) mass is 198 g/mol. The minimum absolute atomic E-state index is 0.700. The van der Waals surface area contributed by atoms with Gasteiger partial charge in [-0.25, -0.2) is 4.98 Å². The molecular formula is C10H18N2O2. The molecule has 0 bridgehead atoms. The van der Waals surface area contributed by atoms with Crippen molar-refractivity contribution >= 4 is 0 Å². The van der Waals surface area contributed by atoms with Gasteiger partial charge in [0.15, 0.2) is 5.89 Å². The Morgan fingerprint density at radius 1 is 1.43 bits per heavy atom. The van der Waals surface area contributed by atoms with Crippen LogP contribution in [0.3, 0.4) is 0 Å². The van der Waals surface area contributed by atoms with Crippen LogP contribution in [0.25, 0.3) is 0 Å². The first-order valence-corrected chi connectivity index (χ1v) is 4.99. The van der Waals surface area contributed by atoms with E-state index in [1.54, 1.807) is 13.4 Å². The van der Waals surface area contributed by atoms with Gasteiger partial charge in [0.05, 0.1) is 5.69 Å². The molecule has 4 heteroatoms. The number of oxazole rings is 1. The maximum Gasteiger partial charge on any atom is 0.194 e. The first kappa shape index (κ1) is 11.2. The molecule has 0 aromatic carbocycles. The van der Waals surface area contributed by atoms with E-state index in [0.717, 1.165) is 43.9 Å². The smallest absolute Gasteiger partial charge is 0.194 e. The topological polar surface area (TPSA) is 61.3 Å². The lowest BCUT2D eigenvalue weighted by atomic mass is 10.2. The third-order valence-corrected chi connectivity index (χ3v) is 1.98. The van der Waals surface area contributed by atoms with Crippen molar-refractivity contribution in [3.8, 4) is 0 Å². The molecule has 2 N–H and O–H groups in total. The normalized spacial score (nSPS) is 10.7. The van der Waals surface area contributed by atoms with Gasteiger partial charge < -0.3 is 14.9 Å². The minimum atomic E-state index is 0.700. The van der Waals surface area contributed by atoms with Crippen LogP contribution in [0.2, 0.25) is 0 Å². The number of aryl methyl sites for hydroxylation is 2. The summed E-state index contributed by atoms with van der Waals surface area (Å²) in [6.45, 7) is 1.45.